The molecule has 1 aromatic carbocycles. The number of rotatable bonds is 6. The molecular formula is C16H23NO7S. The van der Waals surface area contributed by atoms with Crippen LogP contribution in [0, 0.1) is 0 Å². The third-order valence-electron chi connectivity index (χ3n) is 4.26. The number of carbonyl (C=O) groups is 1. The molecule has 0 fully saturated rings. The van der Waals surface area contributed by atoms with E-state index in [-0.39, 0.29) is 13.1 Å². The standard InChI is InChI=1S/C16H23NO7S/c1-5-17(25(19,20)21)9-8-11-6-7-13-12(10-11)16(2,3)14(23-13)24-15(18)22-4/h6-7,10,14H,5,8-9H2,1-4H3,(H,19,20,21). The number of likely N-dealkylation sites (N-methyl/N-ethyl adjacent to an activating group) is 1. The number of fused-ring (bicyclic) bond motifs is 1. The Morgan fingerprint density at radius 3 is 2.64 bits per heavy atom. The Kier molecular flexibility index (Phi) is 5.60. The molecule has 1 aromatic rings. The molecule has 1 atom stereocenters. The van der Waals surface area contributed by atoms with E-state index in [0.29, 0.717) is 12.2 Å². The van der Waals surface area contributed by atoms with E-state index in [1.54, 1.807) is 13.0 Å². The summed E-state index contributed by atoms with van der Waals surface area (Å²) in [6.07, 6.45) is -1.20. The van der Waals surface area contributed by atoms with Crippen LogP contribution in [0.1, 0.15) is 31.9 Å². The lowest BCUT2D eigenvalue weighted by Crippen LogP contribution is -2.36. The van der Waals surface area contributed by atoms with Gasteiger partial charge in [-0.25, -0.2) is 4.79 Å². The third-order valence-corrected chi connectivity index (χ3v) is 5.35. The van der Waals surface area contributed by atoms with Crippen LogP contribution in [-0.2, 0) is 31.6 Å². The Morgan fingerprint density at radius 2 is 2.08 bits per heavy atom. The number of hydrogen-bond acceptors (Lipinski definition) is 6. The van der Waals surface area contributed by atoms with E-state index in [1.165, 1.54) is 7.11 Å². The summed E-state index contributed by atoms with van der Waals surface area (Å²) in [5.74, 6) is 0.602. The van der Waals surface area contributed by atoms with Crippen molar-refractivity contribution in [3.63, 3.8) is 0 Å². The lowest BCUT2D eigenvalue weighted by Gasteiger charge is -2.24. The topological polar surface area (TPSA) is 102 Å². The minimum atomic E-state index is -4.21. The first kappa shape index (κ1) is 19.5. The summed E-state index contributed by atoms with van der Waals surface area (Å²) < 4.78 is 48.0. The van der Waals surface area contributed by atoms with Crippen molar-refractivity contribution in [3.8, 4) is 5.75 Å². The number of nitrogens with zero attached hydrogens (tertiary/aromatic N) is 1. The van der Waals surface area contributed by atoms with Crippen molar-refractivity contribution in [2.75, 3.05) is 20.2 Å². The maximum Gasteiger partial charge on any atom is 0.511 e. The van der Waals surface area contributed by atoms with Gasteiger partial charge >= 0.3 is 16.5 Å². The van der Waals surface area contributed by atoms with Gasteiger partial charge < -0.3 is 14.2 Å². The molecule has 0 aliphatic carbocycles. The molecule has 0 spiro atoms. The molecule has 0 aromatic heterocycles. The van der Waals surface area contributed by atoms with Crippen LogP contribution in [0.5, 0.6) is 5.75 Å². The van der Waals surface area contributed by atoms with Crippen LogP contribution in [0.4, 0.5) is 4.79 Å². The highest BCUT2D eigenvalue weighted by atomic mass is 32.2. The molecule has 0 saturated carbocycles. The fraction of sp³-hybridized carbons (Fsp3) is 0.562. The molecular weight excluding hydrogens is 350 g/mol. The Balaban J connectivity index is 2.16. The summed E-state index contributed by atoms with van der Waals surface area (Å²) in [6, 6.07) is 5.47. The maximum absolute atomic E-state index is 11.4. The summed E-state index contributed by atoms with van der Waals surface area (Å²) in [5, 5.41) is 0. The van der Waals surface area contributed by atoms with E-state index >= 15 is 0 Å². The number of benzene rings is 1. The largest absolute Gasteiger partial charge is 0.511 e. The SMILES string of the molecule is CCN(CCc1ccc2c(c1)C(C)(C)C(OC(=O)OC)O2)S(=O)(=O)O. The van der Waals surface area contributed by atoms with Gasteiger partial charge in [-0.2, -0.15) is 12.7 Å². The fourth-order valence-electron chi connectivity index (χ4n) is 2.73. The third kappa shape index (κ3) is 4.23. The average molecular weight is 373 g/mol. The maximum atomic E-state index is 11.4. The second kappa shape index (κ2) is 7.19. The van der Waals surface area contributed by atoms with Gasteiger partial charge in [0.15, 0.2) is 0 Å². The smallest absolute Gasteiger partial charge is 0.453 e. The molecule has 1 N–H and O–H groups in total. The Bertz CT molecular complexity index is 745. The molecule has 1 heterocycles. The molecule has 0 amide bonds. The minimum Gasteiger partial charge on any atom is -0.453 e. The zero-order valence-electron chi connectivity index (χ0n) is 14.7. The molecule has 0 radical (unpaired) electrons. The van der Waals surface area contributed by atoms with E-state index in [9.17, 15) is 13.2 Å². The van der Waals surface area contributed by atoms with Crippen molar-refractivity contribution in [3.05, 3.63) is 29.3 Å². The molecule has 1 aliphatic heterocycles. The van der Waals surface area contributed by atoms with Gasteiger partial charge in [0.2, 0.25) is 0 Å². The van der Waals surface area contributed by atoms with Crippen molar-refractivity contribution in [1.82, 2.24) is 4.31 Å². The Labute approximate surface area is 147 Å². The summed E-state index contributed by atoms with van der Waals surface area (Å²) in [6.45, 7) is 5.77. The molecule has 9 heteroatoms. The van der Waals surface area contributed by atoms with Crippen LogP contribution in [-0.4, -0.2) is 49.9 Å². The van der Waals surface area contributed by atoms with E-state index in [4.69, 9.17) is 14.0 Å². The first-order valence-corrected chi connectivity index (χ1v) is 9.26. The van der Waals surface area contributed by atoms with Gasteiger partial charge in [0, 0.05) is 18.7 Å². The molecule has 8 nitrogen and oxygen atoms in total. The Morgan fingerprint density at radius 1 is 1.40 bits per heavy atom. The molecule has 1 aliphatic rings. The van der Waals surface area contributed by atoms with Crippen molar-refractivity contribution < 1.29 is 32.0 Å². The first-order valence-electron chi connectivity index (χ1n) is 7.86. The van der Waals surface area contributed by atoms with Gasteiger partial charge in [-0.1, -0.05) is 19.1 Å². The van der Waals surface area contributed by atoms with E-state index < -0.39 is 28.2 Å². The van der Waals surface area contributed by atoms with Gasteiger partial charge in [-0.3, -0.25) is 4.55 Å². The van der Waals surface area contributed by atoms with Crippen LogP contribution in [0.2, 0.25) is 0 Å². The molecule has 140 valence electrons. The highest BCUT2D eigenvalue weighted by molar-refractivity contribution is 7.83. The first-order chi connectivity index (χ1) is 11.6. The van der Waals surface area contributed by atoms with Crippen molar-refractivity contribution >= 4 is 16.5 Å². The fourth-order valence-corrected chi connectivity index (χ4v) is 3.37. The summed E-state index contributed by atoms with van der Waals surface area (Å²) >= 11 is 0. The molecule has 1 unspecified atom stereocenters. The number of ether oxygens (including phenoxy) is 3. The molecule has 0 bridgehead atoms. The van der Waals surface area contributed by atoms with E-state index in [2.05, 4.69) is 4.74 Å². The number of carbonyl (C=O) groups excluding carboxylic acids is 1. The zero-order chi connectivity index (χ0) is 18.8. The van der Waals surface area contributed by atoms with Crippen molar-refractivity contribution in [2.24, 2.45) is 0 Å². The van der Waals surface area contributed by atoms with Gasteiger partial charge in [0.05, 0.1) is 12.5 Å². The lowest BCUT2D eigenvalue weighted by molar-refractivity contribution is -0.0793. The lowest BCUT2D eigenvalue weighted by atomic mass is 9.84. The highest BCUT2D eigenvalue weighted by Crippen LogP contribution is 2.43. The van der Waals surface area contributed by atoms with Gasteiger partial charge in [0.25, 0.3) is 6.29 Å². The summed E-state index contributed by atoms with van der Waals surface area (Å²) in [5.41, 5.74) is 1.15. The predicted octanol–water partition coefficient (Wildman–Crippen LogP) is 2.13. The van der Waals surface area contributed by atoms with E-state index in [1.807, 2.05) is 26.0 Å². The van der Waals surface area contributed by atoms with Crippen LogP contribution in [0.25, 0.3) is 0 Å². The highest BCUT2D eigenvalue weighted by Gasteiger charge is 2.44. The van der Waals surface area contributed by atoms with E-state index in [0.717, 1.165) is 15.4 Å². The van der Waals surface area contributed by atoms with Crippen LogP contribution >= 0.6 is 0 Å². The average Bonchev–Trinajstić information content (AvgIpc) is 2.77. The molecule has 25 heavy (non-hydrogen) atoms. The van der Waals surface area contributed by atoms with Gasteiger partial charge in [-0.15, -0.1) is 0 Å². The second-order valence-corrected chi connectivity index (χ2v) is 7.71. The van der Waals surface area contributed by atoms with Gasteiger partial charge in [-0.05, 0) is 31.9 Å². The van der Waals surface area contributed by atoms with Crippen LogP contribution in [0.3, 0.4) is 0 Å². The monoisotopic (exact) mass is 373 g/mol. The van der Waals surface area contributed by atoms with Gasteiger partial charge in [0.1, 0.15) is 5.75 Å². The number of methoxy groups -OCH3 is 1. The summed E-state index contributed by atoms with van der Waals surface area (Å²) in [4.78, 5) is 11.4. The van der Waals surface area contributed by atoms with Crippen molar-refractivity contribution in [2.45, 2.75) is 38.9 Å². The minimum absolute atomic E-state index is 0.164. The van der Waals surface area contributed by atoms with Crippen molar-refractivity contribution in [1.29, 1.82) is 0 Å². The van der Waals surface area contributed by atoms with Crippen LogP contribution in [0.15, 0.2) is 18.2 Å². The quantitative estimate of drug-likeness (QED) is 0.602. The molecule has 2 rings (SSSR count). The normalized spacial score (nSPS) is 18.6. The second-order valence-electron chi connectivity index (χ2n) is 6.29. The number of hydrogen-bond donors (Lipinski definition) is 1. The van der Waals surface area contributed by atoms with Crippen LogP contribution < -0.4 is 4.74 Å². The Hall–Kier alpha value is -1.84. The molecule has 0 saturated heterocycles. The summed E-state index contributed by atoms with van der Waals surface area (Å²) in [7, 11) is -2.98. The zero-order valence-corrected chi connectivity index (χ0v) is 15.5. The predicted molar refractivity (Wildman–Crippen MR) is 89.9 cm³/mol.